The van der Waals surface area contributed by atoms with Crippen LogP contribution in [0.4, 0.5) is 0 Å². The molecule has 0 N–H and O–H groups in total. The number of nitrogens with zero attached hydrogens (tertiary/aromatic N) is 3. The van der Waals surface area contributed by atoms with Gasteiger partial charge in [0.2, 0.25) is 11.8 Å². The first-order valence-corrected chi connectivity index (χ1v) is 8.86. The van der Waals surface area contributed by atoms with E-state index in [4.69, 9.17) is 27.6 Å². The van der Waals surface area contributed by atoms with Crippen LogP contribution in [-0.4, -0.2) is 14.8 Å². The summed E-state index contributed by atoms with van der Waals surface area (Å²) in [6.45, 7) is 1.01. The molecule has 0 saturated heterocycles. The van der Waals surface area contributed by atoms with Crippen molar-refractivity contribution in [2.75, 3.05) is 0 Å². The van der Waals surface area contributed by atoms with E-state index in [1.165, 1.54) is 11.1 Å². The maximum absolute atomic E-state index is 6.25. The summed E-state index contributed by atoms with van der Waals surface area (Å²) in [7, 11) is 0. The SMILES string of the molecule is Clc1ccc(-c2nnc(-c3cn4c5c(cccc35)CCC4)o2)c(Cl)c1. The van der Waals surface area contributed by atoms with Crippen LogP contribution in [0.3, 0.4) is 0 Å². The Morgan fingerprint density at radius 3 is 2.68 bits per heavy atom. The van der Waals surface area contributed by atoms with Crippen LogP contribution in [0.2, 0.25) is 10.0 Å². The monoisotopic (exact) mass is 369 g/mol. The zero-order chi connectivity index (χ0) is 17.0. The Bertz CT molecular complexity index is 1110. The lowest BCUT2D eigenvalue weighted by molar-refractivity contribution is 0.584. The van der Waals surface area contributed by atoms with Gasteiger partial charge in [-0.05, 0) is 36.6 Å². The number of benzene rings is 2. The predicted molar refractivity (Wildman–Crippen MR) is 99.0 cm³/mol. The predicted octanol–water partition coefficient (Wildman–Crippen LogP) is 5.61. The van der Waals surface area contributed by atoms with Crippen molar-refractivity contribution < 1.29 is 4.42 Å². The normalized spacial score (nSPS) is 13.5. The first-order chi connectivity index (χ1) is 12.2. The van der Waals surface area contributed by atoms with Crippen LogP contribution >= 0.6 is 23.2 Å². The van der Waals surface area contributed by atoms with Crippen molar-refractivity contribution in [1.82, 2.24) is 14.8 Å². The molecular formula is C19H13Cl2N3O. The third-order valence-corrected chi connectivity index (χ3v) is 5.19. The van der Waals surface area contributed by atoms with Crippen LogP contribution in [0.15, 0.2) is 47.0 Å². The Labute approximate surface area is 154 Å². The van der Waals surface area contributed by atoms with E-state index in [0.29, 0.717) is 27.4 Å². The topological polar surface area (TPSA) is 43.9 Å². The summed E-state index contributed by atoms with van der Waals surface area (Å²) >= 11 is 12.2. The van der Waals surface area contributed by atoms with Crippen LogP contribution < -0.4 is 0 Å². The molecule has 0 aliphatic carbocycles. The smallest absolute Gasteiger partial charge is 0.250 e. The summed E-state index contributed by atoms with van der Waals surface area (Å²) < 4.78 is 8.22. The molecule has 1 aliphatic rings. The fraction of sp³-hybridized carbons (Fsp3) is 0.158. The van der Waals surface area contributed by atoms with Crippen LogP contribution in [0.1, 0.15) is 12.0 Å². The zero-order valence-corrected chi connectivity index (χ0v) is 14.7. The van der Waals surface area contributed by atoms with E-state index in [1.54, 1.807) is 18.2 Å². The highest BCUT2D eigenvalue weighted by Crippen LogP contribution is 2.36. The van der Waals surface area contributed by atoms with Crippen molar-refractivity contribution in [3.63, 3.8) is 0 Å². The van der Waals surface area contributed by atoms with Gasteiger partial charge in [0.05, 0.1) is 21.7 Å². The summed E-state index contributed by atoms with van der Waals surface area (Å²) in [5, 5.41) is 10.6. The summed E-state index contributed by atoms with van der Waals surface area (Å²) in [4.78, 5) is 0. The molecule has 0 atom stereocenters. The van der Waals surface area contributed by atoms with E-state index < -0.39 is 0 Å². The van der Waals surface area contributed by atoms with E-state index >= 15 is 0 Å². The molecule has 0 fully saturated rings. The van der Waals surface area contributed by atoms with Gasteiger partial charge in [-0.15, -0.1) is 10.2 Å². The number of para-hydroxylation sites is 1. The lowest BCUT2D eigenvalue weighted by Crippen LogP contribution is -2.05. The van der Waals surface area contributed by atoms with E-state index in [9.17, 15) is 0 Å². The molecule has 0 saturated carbocycles. The summed E-state index contributed by atoms with van der Waals surface area (Å²) in [6, 6.07) is 11.6. The Morgan fingerprint density at radius 2 is 1.84 bits per heavy atom. The molecule has 4 nitrogen and oxygen atoms in total. The second kappa shape index (κ2) is 5.61. The Kier molecular flexibility index (Phi) is 3.37. The van der Waals surface area contributed by atoms with Crippen molar-refractivity contribution >= 4 is 34.1 Å². The quantitative estimate of drug-likeness (QED) is 0.461. The molecule has 5 rings (SSSR count). The number of aromatic nitrogens is 3. The van der Waals surface area contributed by atoms with Crippen molar-refractivity contribution in [2.45, 2.75) is 19.4 Å². The van der Waals surface area contributed by atoms with Crippen molar-refractivity contribution in [1.29, 1.82) is 0 Å². The number of hydrogen-bond acceptors (Lipinski definition) is 3. The largest absolute Gasteiger partial charge is 0.416 e. The number of aryl methyl sites for hydroxylation is 2. The molecule has 25 heavy (non-hydrogen) atoms. The maximum atomic E-state index is 6.25. The minimum Gasteiger partial charge on any atom is -0.416 e. The van der Waals surface area contributed by atoms with Gasteiger partial charge in [0.15, 0.2) is 0 Å². The zero-order valence-electron chi connectivity index (χ0n) is 13.2. The number of hydrogen-bond donors (Lipinski definition) is 0. The second-order valence-corrected chi connectivity index (χ2v) is 7.03. The van der Waals surface area contributed by atoms with Gasteiger partial charge in [-0.1, -0.05) is 41.4 Å². The van der Waals surface area contributed by atoms with Gasteiger partial charge < -0.3 is 8.98 Å². The highest BCUT2D eigenvalue weighted by molar-refractivity contribution is 6.36. The van der Waals surface area contributed by atoms with Gasteiger partial charge in [-0.25, -0.2) is 0 Å². The fourth-order valence-electron chi connectivity index (χ4n) is 3.53. The van der Waals surface area contributed by atoms with Gasteiger partial charge in [0, 0.05) is 23.2 Å². The van der Waals surface area contributed by atoms with Gasteiger partial charge in [-0.2, -0.15) is 0 Å². The molecule has 6 heteroatoms. The van der Waals surface area contributed by atoms with Gasteiger partial charge in [-0.3, -0.25) is 0 Å². The summed E-state index contributed by atoms with van der Waals surface area (Å²) in [5.74, 6) is 0.896. The molecule has 3 heterocycles. The Morgan fingerprint density at radius 1 is 1.00 bits per heavy atom. The third-order valence-electron chi connectivity index (χ3n) is 4.64. The molecule has 4 aromatic rings. The lowest BCUT2D eigenvalue weighted by atomic mass is 10.0. The van der Waals surface area contributed by atoms with Gasteiger partial charge >= 0.3 is 0 Å². The minimum absolute atomic E-state index is 0.392. The average Bonchev–Trinajstić information content (AvgIpc) is 3.22. The molecule has 0 unspecified atom stereocenters. The van der Waals surface area contributed by atoms with Gasteiger partial charge in [0.25, 0.3) is 0 Å². The highest BCUT2D eigenvalue weighted by Gasteiger charge is 2.21. The van der Waals surface area contributed by atoms with Crippen LogP contribution in [-0.2, 0) is 13.0 Å². The van der Waals surface area contributed by atoms with E-state index in [0.717, 1.165) is 30.3 Å². The summed E-state index contributed by atoms with van der Waals surface area (Å²) in [5.41, 5.74) is 4.28. The number of halogens is 2. The molecule has 1 aliphatic heterocycles. The van der Waals surface area contributed by atoms with E-state index in [-0.39, 0.29) is 0 Å². The van der Waals surface area contributed by atoms with Crippen LogP contribution in [0.5, 0.6) is 0 Å². The van der Waals surface area contributed by atoms with Gasteiger partial charge in [0.1, 0.15) is 0 Å². The molecule has 0 radical (unpaired) electrons. The first kappa shape index (κ1) is 15.0. The Balaban J connectivity index is 1.65. The fourth-order valence-corrected chi connectivity index (χ4v) is 4.02. The standard InChI is InChI=1S/C19H13Cl2N3O/c20-12-6-7-14(16(21)9-12)18-22-23-19(25-18)15-10-24-8-2-4-11-3-1-5-13(15)17(11)24/h1,3,5-7,9-10H,2,4,8H2. The molecule has 0 spiro atoms. The van der Waals surface area contributed by atoms with E-state index in [1.807, 2.05) is 0 Å². The molecular weight excluding hydrogens is 357 g/mol. The molecule has 2 aromatic heterocycles. The van der Waals surface area contributed by atoms with E-state index in [2.05, 4.69) is 39.2 Å². The first-order valence-electron chi connectivity index (χ1n) is 8.11. The average molecular weight is 370 g/mol. The van der Waals surface area contributed by atoms with Crippen molar-refractivity contribution in [2.24, 2.45) is 0 Å². The molecule has 0 amide bonds. The number of rotatable bonds is 2. The molecule has 2 aromatic carbocycles. The maximum Gasteiger partial charge on any atom is 0.250 e. The molecule has 124 valence electrons. The van der Waals surface area contributed by atoms with Crippen molar-refractivity contribution in [3.05, 3.63) is 58.2 Å². The van der Waals surface area contributed by atoms with Crippen molar-refractivity contribution in [3.8, 4) is 22.9 Å². The summed E-state index contributed by atoms with van der Waals surface area (Å²) in [6.07, 6.45) is 4.36. The minimum atomic E-state index is 0.392. The lowest BCUT2D eigenvalue weighted by Gasteiger charge is -2.14. The molecule has 0 bridgehead atoms. The second-order valence-electron chi connectivity index (χ2n) is 6.19. The highest BCUT2D eigenvalue weighted by atomic mass is 35.5. The Hall–Kier alpha value is -2.30. The van der Waals surface area contributed by atoms with Crippen LogP contribution in [0.25, 0.3) is 33.8 Å². The van der Waals surface area contributed by atoms with Crippen LogP contribution in [0, 0.1) is 0 Å². The third kappa shape index (κ3) is 2.36.